The second-order valence-corrected chi connectivity index (χ2v) is 5.00. The van der Waals surface area contributed by atoms with E-state index in [9.17, 15) is 17.9 Å². The minimum absolute atomic E-state index is 0.0717. The lowest BCUT2D eigenvalue weighted by Gasteiger charge is -2.04. The van der Waals surface area contributed by atoms with Crippen molar-refractivity contribution in [2.24, 2.45) is 0 Å². The predicted molar refractivity (Wildman–Crippen MR) is 50.5 cm³/mol. The average molecular weight is 229 g/mol. The Hall–Kier alpha value is -1.61. The fourth-order valence-corrected chi connectivity index (χ4v) is 1.83. The fourth-order valence-electron chi connectivity index (χ4n) is 1.09. The highest BCUT2D eigenvalue weighted by molar-refractivity contribution is 7.90. The molecule has 6 heteroatoms. The Morgan fingerprint density at radius 1 is 1.53 bits per heavy atom. The fraction of sp³-hybridized carbons (Fsp3) is 0.222. The topological polar surface area (TPSA) is 78.2 Å². The Morgan fingerprint density at radius 2 is 2.13 bits per heavy atom. The molecule has 1 aromatic carbocycles. The van der Waals surface area contributed by atoms with Crippen LogP contribution in [-0.4, -0.2) is 19.8 Å². The van der Waals surface area contributed by atoms with E-state index in [4.69, 9.17) is 5.26 Å². The van der Waals surface area contributed by atoms with Gasteiger partial charge in [0.1, 0.15) is 16.5 Å². The van der Waals surface area contributed by atoms with E-state index in [0.29, 0.717) is 0 Å². The van der Waals surface area contributed by atoms with Crippen molar-refractivity contribution in [1.82, 2.24) is 0 Å². The van der Waals surface area contributed by atoms with Crippen LogP contribution in [0.1, 0.15) is 5.56 Å². The molecule has 0 bridgehead atoms. The molecule has 0 amide bonds. The Bertz CT molecular complexity index is 531. The van der Waals surface area contributed by atoms with Crippen molar-refractivity contribution < 1.29 is 17.9 Å². The predicted octanol–water partition coefficient (Wildman–Crippen LogP) is 1.00. The molecule has 1 N–H and O–H groups in total. The molecule has 1 aromatic rings. The lowest BCUT2D eigenvalue weighted by molar-refractivity contribution is 0.462. The van der Waals surface area contributed by atoms with Crippen molar-refractivity contribution in [3.8, 4) is 11.8 Å². The van der Waals surface area contributed by atoms with E-state index in [2.05, 4.69) is 0 Å². The molecule has 0 unspecified atom stereocenters. The molecule has 4 nitrogen and oxygen atoms in total. The van der Waals surface area contributed by atoms with Crippen molar-refractivity contribution in [2.45, 2.75) is 11.3 Å². The third-order valence-corrected chi connectivity index (χ3v) is 2.91. The summed E-state index contributed by atoms with van der Waals surface area (Å²) in [7, 11) is -3.71. The minimum Gasteiger partial charge on any atom is -0.508 e. The first-order valence-electron chi connectivity index (χ1n) is 3.94. The van der Waals surface area contributed by atoms with Crippen LogP contribution in [0.15, 0.2) is 17.0 Å². The van der Waals surface area contributed by atoms with Gasteiger partial charge < -0.3 is 5.11 Å². The average Bonchev–Trinajstić information content (AvgIpc) is 2.09. The number of hydrogen-bond acceptors (Lipinski definition) is 4. The number of nitrogens with zero attached hydrogens (tertiary/aromatic N) is 1. The summed E-state index contributed by atoms with van der Waals surface area (Å²) in [6, 6.07) is 3.41. The molecule has 0 aliphatic heterocycles. The quantitative estimate of drug-likeness (QED) is 0.820. The van der Waals surface area contributed by atoms with Crippen molar-refractivity contribution in [1.29, 1.82) is 5.26 Å². The zero-order chi connectivity index (χ0) is 11.6. The Kier molecular flexibility index (Phi) is 2.95. The molecule has 0 saturated heterocycles. The van der Waals surface area contributed by atoms with Crippen LogP contribution in [0.2, 0.25) is 0 Å². The Labute approximate surface area is 86.5 Å². The number of rotatable bonds is 2. The summed E-state index contributed by atoms with van der Waals surface area (Å²) >= 11 is 0. The molecule has 0 atom stereocenters. The van der Waals surface area contributed by atoms with E-state index in [-0.39, 0.29) is 12.0 Å². The molecule has 0 aliphatic carbocycles. The molecule has 0 aromatic heterocycles. The van der Waals surface area contributed by atoms with Crippen LogP contribution in [0.3, 0.4) is 0 Å². The van der Waals surface area contributed by atoms with Gasteiger partial charge in [0.05, 0.1) is 12.5 Å². The van der Waals surface area contributed by atoms with E-state index >= 15 is 0 Å². The number of hydrogen-bond donors (Lipinski definition) is 1. The summed E-state index contributed by atoms with van der Waals surface area (Å²) in [5.74, 6) is -1.35. The molecular formula is C9H8FNO3S. The highest BCUT2D eigenvalue weighted by atomic mass is 32.2. The minimum atomic E-state index is -3.71. The number of phenols is 1. The summed E-state index contributed by atoms with van der Waals surface area (Å²) in [6.07, 6.45) is 0.668. The molecule has 0 spiro atoms. The molecule has 15 heavy (non-hydrogen) atoms. The van der Waals surface area contributed by atoms with Crippen molar-refractivity contribution in [3.63, 3.8) is 0 Å². The molecule has 0 heterocycles. The largest absolute Gasteiger partial charge is 0.508 e. The maximum absolute atomic E-state index is 13.2. The smallest absolute Gasteiger partial charge is 0.178 e. The molecule has 0 fully saturated rings. The number of benzene rings is 1. The molecule has 0 saturated carbocycles. The number of sulfone groups is 1. The second-order valence-electron chi connectivity index (χ2n) is 3.02. The van der Waals surface area contributed by atoms with E-state index in [1.807, 2.05) is 0 Å². The van der Waals surface area contributed by atoms with Gasteiger partial charge in [0.25, 0.3) is 0 Å². The standard InChI is InChI=1S/C9H8FNO3S/c1-15(13,14)9-5-8(12)6(2-3-11)4-7(9)10/h4-5,12H,2H2,1H3. The van der Waals surface area contributed by atoms with E-state index in [0.717, 1.165) is 18.4 Å². The summed E-state index contributed by atoms with van der Waals surface area (Å²) < 4.78 is 35.4. The number of aromatic hydroxyl groups is 1. The Morgan fingerprint density at radius 3 is 2.60 bits per heavy atom. The highest BCUT2D eigenvalue weighted by Crippen LogP contribution is 2.25. The van der Waals surface area contributed by atoms with Crippen LogP contribution in [0.25, 0.3) is 0 Å². The number of halogens is 1. The first-order chi connectivity index (χ1) is 6.86. The van der Waals surface area contributed by atoms with Crippen molar-refractivity contribution in [3.05, 3.63) is 23.5 Å². The lowest BCUT2D eigenvalue weighted by atomic mass is 10.1. The van der Waals surface area contributed by atoms with Crippen LogP contribution in [0.4, 0.5) is 4.39 Å². The maximum atomic E-state index is 13.2. The van der Waals surface area contributed by atoms with Gasteiger partial charge >= 0.3 is 0 Å². The van der Waals surface area contributed by atoms with Gasteiger partial charge in [-0.15, -0.1) is 0 Å². The zero-order valence-corrected chi connectivity index (χ0v) is 8.68. The monoisotopic (exact) mass is 229 g/mol. The number of phenolic OH excluding ortho intramolecular Hbond substituents is 1. The first-order valence-corrected chi connectivity index (χ1v) is 5.84. The molecule has 0 radical (unpaired) electrons. The number of nitriles is 1. The summed E-state index contributed by atoms with van der Waals surface area (Å²) in [6.45, 7) is 0. The third-order valence-electron chi connectivity index (χ3n) is 1.80. The van der Waals surface area contributed by atoms with Crippen LogP contribution in [0, 0.1) is 17.1 Å². The van der Waals surface area contributed by atoms with Gasteiger partial charge in [0.15, 0.2) is 9.84 Å². The van der Waals surface area contributed by atoms with Crippen molar-refractivity contribution in [2.75, 3.05) is 6.26 Å². The van der Waals surface area contributed by atoms with Gasteiger partial charge in [0, 0.05) is 17.9 Å². The maximum Gasteiger partial charge on any atom is 0.178 e. The van der Waals surface area contributed by atoms with Crippen LogP contribution < -0.4 is 0 Å². The van der Waals surface area contributed by atoms with Crippen molar-refractivity contribution >= 4 is 9.84 Å². The van der Waals surface area contributed by atoms with Gasteiger partial charge in [-0.25, -0.2) is 12.8 Å². The summed E-state index contributed by atoms with van der Waals surface area (Å²) in [4.78, 5) is -0.568. The molecule has 1 rings (SSSR count). The normalized spacial score (nSPS) is 11.0. The zero-order valence-electron chi connectivity index (χ0n) is 7.86. The Balaban J connectivity index is 3.40. The molecule has 0 aliphatic rings. The first kappa shape index (κ1) is 11.5. The van der Waals surface area contributed by atoms with Gasteiger partial charge in [-0.05, 0) is 6.07 Å². The van der Waals surface area contributed by atoms with Gasteiger partial charge in [-0.3, -0.25) is 0 Å². The van der Waals surface area contributed by atoms with Gasteiger partial charge in [-0.1, -0.05) is 0 Å². The second kappa shape index (κ2) is 3.87. The molecule has 80 valence electrons. The van der Waals surface area contributed by atoms with E-state index in [1.165, 1.54) is 0 Å². The van der Waals surface area contributed by atoms with Gasteiger partial charge in [-0.2, -0.15) is 5.26 Å². The lowest BCUT2D eigenvalue weighted by Crippen LogP contribution is -2.01. The highest BCUT2D eigenvalue weighted by Gasteiger charge is 2.16. The third kappa shape index (κ3) is 2.44. The van der Waals surface area contributed by atoms with Crippen LogP contribution in [0.5, 0.6) is 5.75 Å². The summed E-state index contributed by atoms with van der Waals surface area (Å²) in [5.41, 5.74) is 0.0717. The van der Waals surface area contributed by atoms with Crippen LogP contribution in [-0.2, 0) is 16.3 Å². The molecular weight excluding hydrogens is 221 g/mol. The van der Waals surface area contributed by atoms with Crippen LogP contribution >= 0.6 is 0 Å². The van der Waals surface area contributed by atoms with E-state index < -0.39 is 26.3 Å². The SMILES string of the molecule is CS(=O)(=O)c1cc(O)c(CC#N)cc1F. The summed E-state index contributed by atoms with van der Waals surface area (Å²) in [5, 5.41) is 17.7. The van der Waals surface area contributed by atoms with Gasteiger partial charge in [0.2, 0.25) is 0 Å². The van der Waals surface area contributed by atoms with E-state index in [1.54, 1.807) is 6.07 Å².